The standard InChI is InChI=1S/C8H13N3O2/c1-7(12)3-6-11-8(13)10-5-2-4-9/h2-3,5-6H2,1H3,(H2,10,11,13). The van der Waals surface area contributed by atoms with Crippen LogP contribution >= 0.6 is 0 Å². The van der Waals surface area contributed by atoms with Crippen LogP contribution in [0.5, 0.6) is 0 Å². The zero-order valence-corrected chi connectivity index (χ0v) is 7.59. The Labute approximate surface area is 77.1 Å². The van der Waals surface area contributed by atoms with Crippen molar-refractivity contribution in [2.45, 2.75) is 19.8 Å². The highest BCUT2D eigenvalue weighted by Gasteiger charge is 1.98. The fourth-order valence-corrected chi connectivity index (χ4v) is 0.646. The van der Waals surface area contributed by atoms with Crippen molar-refractivity contribution in [3.8, 4) is 6.07 Å². The Hall–Kier alpha value is -1.57. The average molecular weight is 183 g/mol. The van der Waals surface area contributed by atoms with Gasteiger partial charge in [0, 0.05) is 19.5 Å². The summed E-state index contributed by atoms with van der Waals surface area (Å²) in [5.41, 5.74) is 0. The van der Waals surface area contributed by atoms with Crippen LogP contribution in [0.25, 0.3) is 0 Å². The Bertz CT molecular complexity index is 220. The minimum absolute atomic E-state index is 0.0392. The summed E-state index contributed by atoms with van der Waals surface area (Å²) < 4.78 is 0. The van der Waals surface area contributed by atoms with Crippen molar-refractivity contribution in [2.75, 3.05) is 13.1 Å². The van der Waals surface area contributed by atoms with Crippen LogP contribution in [0.4, 0.5) is 4.79 Å². The maximum atomic E-state index is 10.9. The molecule has 0 radical (unpaired) electrons. The number of rotatable bonds is 5. The van der Waals surface area contributed by atoms with Gasteiger partial charge in [0.25, 0.3) is 0 Å². The van der Waals surface area contributed by atoms with Crippen LogP contribution < -0.4 is 10.6 Å². The molecule has 72 valence electrons. The predicted octanol–water partition coefficient (Wildman–Crippen LogP) is 0.178. The van der Waals surface area contributed by atoms with E-state index in [4.69, 9.17) is 5.26 Å². The Kier molecular flexibility index (Phi) is 6.24. The molecular formula is C8H13N3O2. The SMILES string of the molecule is CC(=O)CCNC(=O)NCCC#N. The van der Waals surface area contributed by atoms with E-state index in [1.165, 1.54) is 6.92 Å². The van der Waals surface area contributed by atoms with Gasteiger partial charge in [-0.15, -0.1) is 0 Å². The maximum absolute atomic E-state index is 10.9. The van der Waals surface area contributed by atoms with Gasteiger partial charge in [0.15, 0.2) is 0 Å². The van der Waals surface area contributed by atoms with E-state index in [1.807, 2.05) is 6.07 Å². The van der Waals surface area contributed by atoms with Crippen LogP contribution in [-0.2, 0) is 4.79 Å². The number of nitrogens with one attached hydrogen (secondary N) is 2. The Morgan fingerprint density at radius 2 is 1.92 bits per heavy atom. The summed E-state index contributed by atoms with van der Waals surface area (Å²) in [5.74, 6) is 0.0392. The molecule has 0 bridgehead atoms. The lowest BCUT2D eigenvalue weighted by Gasteiger charge is -2.03. The van der Waals surface area contributed by atoms with Gasteiger partial charge in [0.2, 0.25) is 0 Å². The van der Waals surface area contributed by atoms with Crippen molar-refractivity contribution < 1.29 is 9.59 Å². The fraction of sp³-hybridized carbons (Fsp3) is 0.625. The molecule has 0 saturated heterocycles. The molecule has 2 amide bonds. The second-order valence-corrected chi connectivity index (χ2v) is 2.54. The summed E-state index contributed by atoms with van der Waals surface area (Å²) in [7, 11) is 0. The molecular weight excluding hydrogens is 170 g/mol. The van der Waals surface area contributed by atoms with E-state index in [0.29, 0.717) is 25.9 Å². The molecule has 0 aromatic rings. The smallest absolute Gasteiger partial charge is 0.314 e. The number of ketones is 1. The highest BCUT2D eigenvalue weighted by atomic mass is 16.2. The fourth-order valence-electron chi connectivity index (χ4n) is 0.646. The van der Waals surface area contributed by atoms with E-state index in [1.54, 1.807) is 0 Å². The Morgan fingerprint density at radius 3 is 2.46 bits per heavy atom. The van der Waals surface area contributed by atoms with Gasteiger partial charge in [-0.1, -0.05) is 0 Å². The first kappa shape index (κ1) is 11.4. The van der Waals surface area contributed by atoms with Crippen LogP contribution in [-0.4, -0.2) is 24.9 Å². The van der Waals surface area contributed by atoms with Crippen LogP contribution in [0.1, 0.15) is 19.8 Å². The molecule has 0 atom stereocenters. The normalized spacial score (nSPS) is 8.62. The van der Waals surface area contributed by atoms with Crippen molar-refractivity contribution in [1.29, 1.82) is 5.26 Å². The van der Waals surface area contributed by atoms with E-state index in [2.05, 4.69) is 10.6 Å². The number of nitrogens with zero attached hydrogens (tertiary/aromatic N) is 1. The molecule has 5 heteroatoms. The lowest BCUT2D eigenvalue weighted by molar-refractivity contribution is -0.116. The van der Waals surface area contributed by atoms with Crippen molar-refractivity contribution in [3.05, 3.63) is 0 Å². The molecule has 0 heterocycles. The molecule has 0 fully saturated rings. The van der Waals surface area contributed by atoms with Gasteiger partial charge in [-0.25, -0.2) is 4.79 Å². The minimum Gasteiger partial charge on any atom is -0.338 e. The number of carbonyl (C=O) groups excluding carboxylic acids is 2. The van der Waals surface area contributed by atoms with Gasteiger partial charge < -0.3 is 10.6 Å². The molecule has 0 aliphatic carbocycles. The topological polar surface area (TPSA) is 82.0 Å². The number of carbonyl (C=O) groups is 2. The number of nitriles is 1. The molecule has 0 saturated carbocycles. The maximum Gasteiger partial charge on any atom is 0.314 e. The molecule has 0 aliphatic heterocycles. The van der Waals surface area contributed by atoms with E-state index < -0.39 is 0 Å². The molecule has 2 N–H and O–H groups in total. The lowest BCUT2D eigenvalue weighted by Crippen LogP contribution is -2.36. The summed E-state index contributed by atoms with van der Waals surface area (Å²) in [4.78, 5) is 21.3. The molecule has 0 aromatic heterocycles. The first-order valence-electron chi connectivity index (χ1n) is 4.05. The first-order chi connectivity index (χ1) is 6.16. The van der Waals surface area contributed by atoms with Gasteiger partial charge >= 0.3 is 6.03 Å². The van der Waals surface area contributed by atoms with Crippen molar-refractivity contribution >= 4 is 11.8 Å². The number of Topliss-reactive ketones (excluding diaryl/α,β-unsaturated/α-hetero) is 1. The largest absolute Gasteiger partial charge is 0.338 e. The quantitative estimate of drug-likeness (QED) is 0.596. The summed E-state index contributed by atoms with van der Waals surface area (Å²) in [6, 6.07) is 1.56. The van der Waals surface area contributed by atoms with Crippen LogP contribution in [0.2, 0.25) is 0 Å². The highest BCUT2D eigenvalue weighted by molar-refractivity contribution is 5.77. The lowest BCUT2D eigenvalue weighted by atomic mass is 10.3. The Morgan fingerprint density at radius 1 is 1.31 bits per heavy atom. The first-order valence-corrected chi connectivity index (χ1v) is 4.05. The molecule has 0 spiro atoms. The van der Waals surface area contributed by atoms with Crippen LogP contribution in [0, 0.1) is 11.3 Å². The minimum atomic E-state index is -0.337. The summed E-state index contributed by atoms with van der Waals surface area (Å²) >= 11 is 0. The third-order valence-corrected chi connectivity index (χ3v) is 1.28. The molecule has 0 unspecified atom stereocenters. The third kappa shape index (κ3) is 8.34. The Balaban J connectivity index is 3.31. The predicted molar refractivity (Wildman–Crippen MR) is 46.9 cm³/mol. The number of hydrogen-bond donors (Lipinski definition) is 2. The summed E-state index contributed by atoms with van der Waals surface area (Å²) in [5, 5.41) is 13.1. The van der Waals surface area contributed by atoms with E-state index in [0.717, 1.165) is 0 Å². The van der Waals surface area contributed by atoms with Gasteiger partial charge in [-0.2, -0.15) is 5.26 Å². The number of urea groups is 1. The van der Waals surface area contributed by atoms with Crippen molar-refractivity contribution in [3.63, 3.8) is 0 Å². The molecule has 5 nitrogen and oxygen atoms in total. The van der Waals surface area contributed by atoms with Gasteiger partial charge in [0.05, 0.1) is 12.5 Å². The molecule has 0 aromatic carbocycles. The molecule has 0 aliphatic rings. The highest BCUT2D eigenvalue weighted by Crippen LogP contribution is 1.78. The number of hydrogen-bond acceptors (Lipinski definition) is 3. The molecule has 0 rings (SSSR count). The van der Waals surface area contributed by atoms with Crippen LogP contribution in [0.3, 0.4) is 0 Å². The monoisotopic (exact) mass is 183 g/mol. The van der Waals surface area contributed by atoms with Gasteiger partial charge in [0.1, 0.15) is 5.78 Å². The van der Waals surface area contributed by atoms with Gasteiger partial charge in [-0.05, 0) is 6.92 Å². The zero-order valence-electron chi connectivity index (χ0n) is 7.59. The molecule has 13 heavy (non-hydrogen) atoms. The van der Waals surface area contributed by atoms with E-state index in [-0.39, 0.29) is 11.8 Å². The van der Waals surface area contributed by atoms with E-state index >= 15 is 0 Å². The zero-order chi connectivity index (χ0) is 10.1. The average Bonchev–Trinajstić information content (AvgIpc) is 2.04. The summed E-state index contributed by atoms with van der Waals surface area (Å²) in [6.07, 6.45) is 0.631. The summed E-state index contributed by atoms with van der Waals surface area (Å²) in [6.45, 7) is 2.14. The second kappa shape index (κ2) is 7.10. The van der Waals surface area contributed by atoms with Crippen LogP contribution in [0.15, 0.2) is 0 Å². The van der Waals surface area contributed by atoms with Crippen molar-refractivity contribution in [1.82, 2.24) is 10.6 Å². The van der Waals surface area contributed by atoms with Gasteiger partial charge in [-0.3, -0.25) is 4.79 Å². The van der Waals surface area contributed by atoms with E-state index in [9.17, 15) is 9.59 Å². The third-order valence-electron chi connectivity index (χ3n) is 1.28. The second-order valence-electron chi connectivity index (χ2n) is 2.54. The number of amides is 2. The van der Waals surface area contributed by atoms with Crippen molar-refractivity contribution in [2.24, 2.45) is 0 Å².